The van der Waals surface area contributed by atoms with Gasteiger partial charge in [0.25, 0.3) is 0 Å². The van der Waals surface area contributed by atoms with E-state index in [2.05, 4.69) is 5.32 Å². The number of carboxylic acids is 1. The highest BCUT2D eigenvalue weighted by Gasteiger charge is 2.48. The quantitative estimate of drug-likeness (QED) is 0.814. The van der Waals surface area contributed by atoms with E-state index in [1.807, 2.05) is 0 Å². The largest absolute Gasteiger partial charge is 0.478 e. The van der Waals surface area contributed by atoms with Gasteiger partial charge in [-0.1, -0.05) is 25.0 Å². The molecule has 2 N–H and O–H groups in total. The van der Waals surface area contributed by atoms with Gasteiger partial charge >= 0.3 is 5.97 Å². The van der Waals surface area contributed by atoms with Crippen molar-refractivity contribution in [3.05, 3.63) is 29.8 Å². The zero-order valence-corrected chi connectivity index (χ0v) is 13.0. The van der Waals surface area contributed by atoms with Crippen LogP contribution in [0.2, 0.25) is 0 Å². The number of para-hydroxylation sites is 1. The monoisotopic (exact) mass is 330 g/mol. The molecule has 2 fully saturated rings. The fourth-order valence-electron chi connectivity index (χ4n) is 3.50. The Labute approximate surface area is 138 Å². The minimum Gasteiger partial charge on any atom is -0.478 e. The van der Waals surface area contributed by atoms with Crippen LogP contribution in [0.25, 0.3) is 0 Å². The lowest BCUT2D eigenvalue weighted by molar-refractivity contribution is -0.142. The third kappa shape index (κ3) is 2.89. The summed E-state index contributed by atoms with van der Waals surface area (Å²) in [4.78, 5) is 49.0. The molecular formula is C17H18N2O5. The highest BCUT2D eigenvalue weighted by molar-refractivity contribution is 6.09. The zero-order chi connectivity index (χ0) is 17.3. The molecule has 126 valence electrons. The Morgan fingerprint density at radius 1 is 1.08 bits per heavy atom. The van der Waals surface area contributed by atoms with Crippen molar-refractivity contribution in [3.8, 4) is 0 Å². The van der Waals surface area contributed by atoms with Gasteiger partial charge in [0.2, 0.25) is 17.7 Å². The Kier molecular flexibility index (Phi) is 4.33. The third-order valence-electron chi connectivity index (χ3n) is 4.67. The van der Waals surface area contributed by atoms with E-state index in [9.17, 15) is 19.2 Å². The third-order valence-corrected chi connectivity index (χ3v) is 4.67. The first kappa shape index (κ1) is 16.2. The van der Waals surface area contributed by atoms with Crippen molar-refractivity contribution in [2.45, 2.75) is 25.7 Å². The number of carbonyl (C=O) groups excluding carboxylic acids is 3. The first-order chi connectivity index (χ1) is 11.5. The van der Waals surface area contributed by atoms with Gasteiger partial charge in [-0.15, -0.1) is 0 Å². The maximum absolute atomic E-state index is 12.3. The summed E-state index contributed by atoms with van der Waals surface area (Å²) in [6.45, 7) is -0.376. The van der Waals surface area contributed by atoms with E-state index in [1.54, 1.807) is 12.1 Å². The van der Waals surface area contributed by atoms with E-state index in [1.165, 1.54) is 12.1 Å². The van der Waals surface area contributed by atoms with Crippen LogP contribution in [-0.2, 0) is 14.4 Å². The fraction of sp³-hybridized carbons (Fsp3) is 0.412. The Morgan fingerprint density at radius 2 is 1.67 bits per heavy atom. The fourth-order valence-corrected chi connectivity index (χ4v) is 3.50. The summed E-state index contributed by atoms with van der Waals surface area (Å²) in [7, 11) is 0. The molecule has 1 saturated heterocycles. The van der Waals surface area contributed by atoms with Crippen molar-refractivity contribution < 1.29 is 24.3 Å². The van der Waals surface area contributed by atoms with E-state index in [0.717, 1.165) is 17.7 Å². The maximum Gasteiger partial charge on any atom is 0.337 e. The van der Waals surface area contributed by atoms with Crippen LogP contribution >= 0.6 is 0 Å². The molecule has 0 bridgehead atoms. The maximum atomic E-state index is 12.3. The van der Waals surface area contributed by atoms with E-state index in [0.29, 0.717) is 12.8 Å². The van der Waals surface area contributed by atoms with E-state index in [4.69, 9.17) is 5.11 Å². The molecular weight excluding hydrogens is 312 g/mol. The smallest absolute Gasteiger partial charge is 0.337 e. The summed E-state index contributed by atoms with van der Waals surface area (Å²) in [5, 5.41) is 11.6. The van der Waals surface area contributed by atoms with Crippen molar-refractivity contribution in [2.24, 2.45) is 11.8 Å². The molecule has 0 radical (unpaired) electrons. The van der Waals surface area contributed by atoms with Crippen molar-refractivity contribution in [2.75, 3.05) is 11.9 Å². The predicted molar refractivity (Wildman–Crippen MR) is 84.2 cm³/mol. The van der Waals surface area contributed by atoms with Crippen LogP contribution in [0.1, 0.15) is 36.0 Å². The van der Waals surface area contributed by atoms with Gasteiger partial charge in [-0.2, -0.15) is 0 Å². The Morgan fingerprint density at radius 3 is 2.25 bits per heavy atom. The summed E-state index contributed by atoms with van der Waals surface area (Å²) in [5.41, 5.74) is 0.102. The number of rotatable bonds is 4. The highest BCUT2D eigenvalue weighted by atomic mass is 16.4. The number of nitrogens with one attached hydrogen (secondary N) is 1. The summed E-state index contributed by atoms with van der Waals surface area (Å²) >= 11 is 0. The average Bonchev–Trinajstić information content (AvgIpc) is 2.80. The number of hydrogen-bond donors (Lipinski definition) is 2. The number of hydrogen-bond acceptors (Lipinski definition) is 4. The number of amides is 3. The molecule has 1 saturated carbocycles. The first-order valence-electron chi connectivity index (χ1n) is 7.96. The van der Waals surface area contributed by atoms with E-state index >= 15 is 0 Å². The molecule has 1 heterocycles. The lowest BCUT2D eigenvalue weighted by atomic mass is 9.81. The number of benzene rings is 1. The minimum absolute atomic E-state index is 0.0430. The molecule has 0 aromatic heterocycles. The lowest BCUT2D eigenvalue weighted by Gasteiger charge is -2.19. The van der Waals surface area contributed by atoms with Crippen molar-refractivity contribution >= 4 is 29.4 Å². The Hall–Kier alpha value is -2.70. The number of carbonyl (C=O) groups is 4. The summed E-state index contributed by atoms with van der Waals surface area (Å²) in [5.74, 6) is -2.91. The molecule has 1 aromatic carbocycles. The molecule has 1 aliphatic carbocycles. The second-order valence-corrected chi connectivity index (χ2v) is 6.16. The number of aromatic carboxylic acids is 1. The van der Waals surface area contributed by atoms with Crippen molar-refractivity contribution in [3.63, 3.8) is 0 Å². The average molecular weight is 330 g/mol. The topological polar surface area (TPSA) is 104 Å². The second-order valence-electron chi connectivity index (χ2n) is 6.16. The van der Waals surface area contributed by atoms with Gasteiger partial charge in [0.1, 0.15) is 6.54 Å². The molecule has 0 unspecified atom stereocenters. The van der Waals surface area contributed by atoms with Crippen LogP contribution in [0.5, 0.6) is 0 Å². The van der Waals surface area contributed by atoms with Gasteiger partial charge in [0, 0.05) is 0 Å². The number of carboxylic acid groups (broad SMARTS) is 1. The van der Waals surface area contributed by atoms with Gasteiger partial charge in [0.15, 0.2) is 0 Å². The molecule has 2 aliphatic rings. The summed E-state index contributed by atoms with van der Waals surface area (Å²) in [6.07, 6.45) is 3.23. The number of nitrogens with zero attached hydrogens (tertiary/aromatic N) is 1. The number of fused-ring (bicyclic) bond motifs is 1. The van der Waals surface area contributed by atoms with Crippen molar-refractivity contribution in [1.82, 2.24) is 4.90 Å². The minimum atomic E-state index is -1.16. The van der Waals surface area contributed by atoms with Gasteiger partial charge in [0.05, 0.1) is 23.1 Å². The van der Waals surface area contributed by atoms with Crippen LogP contribution < -0.4 is 5.32 Å². The van der Waals surface area contributed by atoms with E-state index in [-0.39, 0.29) is 41.4 Å². The van der Waals surface area contributed by atoms with Crippen LogP contribution in [-0.4, -0.2) is 40.2 Å². The molecule has 24 heavy (non-hydrogen) atoms. The van der Waals surface area contributed by atoms with Crippen LogP contribution in [0.4, 0.5) is 5.69 Å². The molecule has 0 spiro atoms. The van der Waals surface area contributed by atoms with Crippen LogP contribution in [0.3, 0.4) is 0 Å². The predicted octanol–water partition coefficient (Wildman–Crippen LogP) is 1.50. The molecule has 1 aromatic rings. The van der Waals surface area contributed by atoms with E-state index < -0.39 is 11.9 Å². The molecule has 1 aliphatic heterocycles. The molecule has 3 amide bonds. The Bertz CT molecular complexity index is 691. The van der Waals surface area contributed by atoms with Crippen molar-refractivity contribution in [1.29, 1.82) is 0 Å². The molecule has 2 atom stereocenters. The first-order valence-corrected chi connectivity index (χ1v) is 7.96. The van der Waals surface area contributed by atoms with Gasteiger partial charge in [-0.25, -0.2) is 4.79 Å². The normalized spacial score (nSPS) is 23.1. The van der Waals surface area contributed by atoms with Crippen LogP contribution in [0, 0.1) is 11.8 Å². The van der Waals surface area contributed by atoms with Crippen LogP contribution in [0.15, 0.2) is 24.3 Å². The second kappa shape index (κ2) is 6.43. The van der Waals surface area contributed by atoms with Gasteiger partial charge in [-0.3, -0.25) is 19.3 Å². The summed E-state index contributed by atoms with van der Waals surface area (Å²) < 4.78 is 0. The number of anilines is 1. The zero-order valence-electron chi connectivity index (χ0n) is 13.0. The number of imide groups is 1. The lowest BCUT2D eigenvalue weighted by Crippen LogP contribution is -2.38. The molecule has 7 nitrogen and oxygen atoms in total. The standard InChI is InChI=1S/C17H18N2O5/c20-14(18-13-8-4-3-7-12(13)17(23)24)9-19-15(21)10-5-1-2-6-11(10)16(19)22/h3-4,7-8,10-11H,1-2,5-6,9H2,(H,18,20)(H,23,24)/t10-,11-/m0/s1. The van der Waals surface area contributed by atoms with Gasteiger partial charge < -0.3 is 10.4 Å². The summed E-state index contributed by atoms with van der Waals surface area (Å²) in [6, 6.07) is 5.99. The highest BCUT2D eigenvalue weighted by Crippen LogP contribution is 2.37. The SMILES string of the molecule is O=C(CN1C(=O)[C@H]2CCCC[C@@H]2C1=O)Nc1ccccc1C(=O)O. The van der Waals surface area contributed by atoms with Gasteiger partial charge in [-0.05, 0) is 25.0 Å². The molecule has 3 rings (SSSR count). The number of likely N-dealkylation sites (tertiary alicyclic amines) is 1. The molecule has 7 heteroatoms. The Balaban J connectivity index is 1.70.